The largest absolute Gasteiger partial charge is 0.379 e. The van der Waals surface area contributed by atoms with Crippen molar-refractivity contribution in [3.8, 4) is 0 Å². The molecule has 0 heterocycles. The van der Waals surface area contributed by atoms with E-state index >= 15 is 0 Å². The highest BCUT2D eigenvalue weighted by Crippen LogP contribution is 2.40. The van der Waals surface area contributed by atoms with Gasteiger partial charge in [0.2, 0.25) is 0 Å². The standard InChI is InChI=1S/C16H23NO/c1-18-16(12-8-9-12)15(17)14-7-3-6-13(10-14)11-4-2-5-11/h3,6-7,10-12,15-16H,2,4-5,8-9,17H2,1H3. The number of ether oxygens (including phenoxy) is 1. The maximum Gasteiger partial charge on any atom is 0.0791 e. The molecule has 0 amide bonds. The van der Waals surface area contributed by atoms with Gasteiger partial charge in [0, 0.05) is 7.11 Å². The van der Waals surface area contributed by atoms with Gasteiger partial charge in [-0.3, -0.25) is 0 Å². The molecule has 3 rings (SSSR count). The summed E-state index contributed by atoms with van der Waals surface area (Å²) in [6.07, 6.45) is 6.80. The number of rotatable bonds is 5. The zero-order valence-electron chi connectivity index (χ0n) is 11.1. The second-order valence-electron chi connectivity index (χ2n) is 5.86. The first-order chi connectivity index (χ1) is 8.79. The highest BCUT2D eigenvalue weighted by Gasteiger charge is 2.36. The van der Waals surface area contributed by atoms with E-state index in [1.807, 2.05) is 0 Å². The van der Waals surface area contributed by atoms with Crippen LogP contribution >= 0.6 is 0 Å². The minimum absolute atomic E-state index is 0.0301. The van der Waals surface area contributed by atoms with Crippen LogP contribution in [-0.2, 0) is 4.74 Å². The van der Waals surface area contributed by atoms with Crippen LogP contribution in [-0.4, -0.2) is 13.2 Å². The van der Waals surface area contributed by atoms with Crippen LogP contribution < -0.4 is 5.73 Å². The van der Waals surface area contributed by atoms with Gasteiger partial charge in [-0.1, -0.05) is 30.7 Å². The Balaban J connectivity index is 1.77. The van der Waals surface area contributed by atoms with Crippen molar-refractivity contribution in [2.45, 2.75) is 50.2 Å². The lowest BCUT2D eigenvalue weighted by atomic mass is 9.79. The van der Waals surface area contributed by atoms with Crippen LogP contribution in [0.4, 0.5) is 0 Å². The molecule has 2 fully saturated rings. The Bertz CT molecular complexity index is 409. The number of hydrogen-bond donors (Lipinski definition) is 1. The molecule has 2 aliphatic carbocycles. The third-order valence-electron chi connectivity index (χ3n) is 4.58. The van der Waals surface area contributed by atoms with E-state index in [1.54, 1.807) is 7.11 Å². The van der Waals surface area contributed by atoms with Gasteiger partial charge >= 0.3 is 0 Å². The van der Waals surface area contributed by atoms with Gasteiger partial charge in [0.1, 0.15) is 0 Å². The number of methoxy groups -OCH3 is 1. The molecule has 0 radical (unpaired) electrons. The van der Waals surface area contributed by atoms with E-state index in [1.165, 1.54) is 43.2 Å². The lowest BCUT2D eigenvalue weighted by molar-refractivity contribution is 0.0624. The molecule has 18 heavy (non-hydrogen) atoms. The SMILES string of the molecule is COC(C1CC1)C(N)c1cccc(C2CCC2)c1. The van der Waals surface area contributed by atoms with E-state index in [0.717, 1.165) is 5.92 Å². The molecule has 0 aliphatic heterocycles. The van der Waals surface area contributed by atoms with Gasteiger partial charge in [0.25, 0.3) is 0 Å². The molecule has 1 aromatic carbocycles. The van der Waals surface area contributed by atoms with Gasteiger partial charge in [-0.05, 0) is 48.6 Å². The zero-order valence-corrected chi connectivity index (χ0v) is 11.1. The van der Waals surface area contributed by atoms with Gasteiger partial charge in [-0.15, -0.1) is 0 Å². The Hall–Kier alpha value is -0.860. The summed E-state index contributed by atoms with van der Waals surface area (Å²) in [6, 6.07) is 8.90. The molecule has 2 saturated carbocycles. The summed E-state index contributed by atoms with van der Waals surface area (Å²) >= 11 is 0. The average Bonchev–Trinajstić information content (AvgIpc) is 3.12. The maximum absolute atomic E-state index is 6.39. The lowest BCUT2D eigenvalue weighted by Crippen LogP contribution is -2.30. The van der Waals surface area contributed by atoms with E-state index in [4.69, 9.17) is 10.5 Å². The molecule has 2 aliphatic rings. The molecule has 2 heteroatoms. The number of hydrogen-bond acceptors (Lipinski definition) is 2. The second-order valence-corrected chi connectivity index (χ2v) is 5.86. The predicted octanol–water partition coefficient (Wildman–Crippen LogP) is 3.38. The van der Waals surface area contributed by atoms with Crippen LogP contribution in [0, 0.1) is 5.92 Å². The summed E-state index contributed by atoms with van der Waals surface area (Å²) in [4.78, 5) is 0. The number of benzene rings is 1. The molecule has 0 spiro atoms. The third-order valence-corrected chi connectivity index (χ3v) is 4.58. The fraction of sp³-hybridized carbons (Fsp3) is 0.625. The summed E-state index contributed by atoms with van der Waals surface area (Å²) in [5.41, 5.74) is 9.11. The highest BCUT2D eigenvalue weighted by molar-refractivity contribution is 5.30. The van der Waals surface area contributed by atoms with Crippen LogP contribution in [0.25, 0.3) is 0 Å². The van der Waals surface area contributed by atoms with Crippen LogP contribution in [0.2, 0.25) is 0 Å². The van der Waals surface area contributed by atoms with Crippen LogP contribution in [0.15, 0.2) is 24.3 Å². The van der Waals surface area contributed by atoms with Crippen LogP contribution in [0.5, 0.6) is 0 Å². The first-order valence-corrected chi connectivity index (χ1v) is 7.18. The van der Waals surface area contributed by atoms with Crippen molar-refractivity contribution in [2.24, 2.45) is 11.7 Å². The smallest absolute Gasteiger partial charge is 0.0791 e. The quantitative estimate of drug-likeness (QED) is 0.863. The van der Waals surface area contributed by atoms with Crippen molar-refractivity contribution in [2.75, 3.05) is 7.11 Å². The van der Waals surface area contributed by atoms with Crippen molar-refractivity contribution < 1.29 is 4.74 Å². The summed E-state index contributed by atoms with van der Waals surface area (Å²) in [6.45, 7) is 0. The first-order valence-electron chi connectivity index (χ1n) is 7.18. The Morgan fingerprint density at radius 3 is 2.56 bits per heavy atom. The second kappa shape index (κ2) is 5.02. The van der Waals surface area contributed by atoms with Gasteiger partial charge in [0.15, 0.2) is 0 Å². The Labute approximate surface area is 110 Å². The van der Waals surface area contributed by atoms with Crippen molar-refractivity contribution in [1.82, 2.24) is 0 Å². The molecule has 2 nitrogen and oxygen atoms in total. The first kappa shape index (κ1) is 12.2. The molecular weight excluding hydrogens is 222 g/mol. The Kier molecular flexibility index (Phi) is 3.40. The van der Waals surface area contributed by atoms with Gasteiger partial charge in [-0.2, -0.15) is 0 Å². The van der Waals surface area contributed by atoms with Crippen molar-refractivity contribution in [1.29, 1.82) is 0 Å². The average molecular weight is 245 g/mol. The summed E-state index contributed by atoms with van der Waals surface area (Å²) in [5, 5.41) is 0. The Morgan fingerprint density at radius 1 is 1.22 bits per heavy atom. The van der Waals surface area contributed by atoms with Gasteiger partial charge in [0.05, 0.1) is 12.1 Å². The minimum Gasteiger partial charge on any atom is -0.379 e. The van der Waals surface area contributed by atoms with Crippen molar-refractivity contribution in [3.63, 3.8) is 0 Å². The van der Waals surface area contributed by atoms with Crippen molar-refractivity contribution in [3.05, 3.63) is 35.4 Å². The summed E-state index contributed by atoms with van der Waals surface area (Å²) in [5.74, 6) is 1.46. The maximum atomic E-state index is 6.39. The molecule has 98 valence electrons. The Morgan fingerprint density at radius 2 is 2.00 bits per heavy atom. The fourth-order valence-electron chi connectivity index (χ4n) is 3.01. The fourth-order valence-corrected chi connectivity index (χ4v) is 3.01. The normalized spacial score (nSPS) is 23.4. The molecular formula is C16H23NO. The van der Waals surface area contributed by atoms with Crippen LogP contribution in [0.3, 0.4) is 0 Å². The molecule has 2 atom stereocenters. The molecule has 2 N–H and O–H groups in total. The van der Waals surface area contributed by atoms with E-state index in [0.29, 0.717) is 5.92 Å². The predicted molar refractivity (Wildman–Crippen MR) is 73.5 cm³/mol. The zero-order chi connectivity index (χ0) is 12.5. The number of nitrogens with two attached hydrogens (primary N) is 1. The van der Waals surface area contributed by atoms with Crippen LogP contribution in [0.1, 0.15) is 55.2 Å². The summed E-state index contributed by atoms with van der Waals surface area (Å²) < 4.78 is 5.61. The third kappa shape index (κ3) is 2.32. The minimum atomic E-state index is 0.0301. The molecule has 0 aromatic heterocycles. The van der Waals surface area contributed by atoms with E-state index in [2.05, 4.69) is 24.3 Å². The van der Waals surface area contributed by atoms with E-state index < -0.39 is 0 Å². The molecule has 0 saturated heterocycles. The molecule has 2 unspecified atom stereocenters. The van der Waals surface area contributed by atoms with Gasteiger partial charge in [-0.25, -0.2) is 0 Å². The highest BCUT2D eigenvalue weighted by atomic mass is 16.5. The van der Waals surface area contributed by atoms with E-state index in [9.17, 15) is 0 Å². The van der Waals surface area contributed by atoms with E-state index in [-0.39, 0.29) is 12.1 Å². The van der Waals surface area contributed by atoms with Crippen molar-refractivity contribution >= 4 is 0 Å². The molecule has 0 bridgehead atoms. The lowest BCUT2D eigenvalue weighted by Gasteiger charge is -2.28. The van der Waals surface area contributed by atoms with Gasteiger partial charge < -0.3 is 10.5 Å². The molecule has 1 aromatic rings. The summed E-state index contributed by atoms with van der Waals surface area (Å²) in [7, 11) is 1.79. The monoisotopic (exact) mass is 245 g/mol. The topological polar surface area (TPSA) is 35.2 Å².